The van der Waals surface area contributed by atoms with Crippen LogP contribution in [0.25, 0.3) is 0 Å². The minimum absolute atomic E-state index is 0.205. The van der Waals surface area contributed by atoms with E-state index in [1.54, 1.807) is 0 Å². The van der Waals surface area contributed by atoms with Gasteiger partial charge in [-0.3, -0.25) is 4.79 Å². The topological polar surface area (TPSA) is 52.6 Å². The number of hydrogen-bond acceptors (Lipinski definition) is 3. The quantitative estimate of drug-likeness (QED) is 0.765. The van der Waals surface area contributed by atoms with E-state index in [9.17, 15) is 9.90 Å². The molecule has 2 heterocycles. The summed E-state index contributed by atoms with van der Waals surface area (Å²) >= 11 is 0. The molecule has 0 aliphatic carbocycles. The number of aliphatic hydroxyl groups excluding tert-OH is 1. The zero-order chi connectivity index (χ0) is 12.3. The Balaban J connectivity index is 2.03. The zero-order valence-electron chi connectivity index (χ0n) is 10.7. The molecule has 0 aromatic rings. The van der Waals surface area contributed by atoms with Gasteiger partial charge < -0.3 is 15.3 Å². The van der Waals surface area contributed by atoms with Gasteiger partial charge in [-0.05, 0) is 44.6 Å². The number of carbonyl (C=O) groups is 1. The van der Waals surface area contributed by atoms with Crippen LogP contribution in [0.3, 0.4) is 0 Å². The molecule has 0 spiro atoms. The highest BCUT2D eigenvalue weighted by molar-refractivity contribution is 5.86. The van der Waals surface area contributed by atoms with E-state index in [1.807, 2.05) is 4.90 Å². The summed E-state index contributed by atoms with van der Waals surface area (Å²) in [7, 11) is 0. The molecule has 2 atom stereocenters. The molecule has 2 saturated heterocycles. The predicted molar refractivity (Wildman–Crippen MR) is 66.6 cm³/mol. The predicted octanol–water partition coefficient (Wildman–Crippen LogP) is 0.750. The van der Waals surface area contributed by atoms with Gasteiger partial charge in [0.15, 0.2) is 0 Å². The van der Waals surface area contributed by atoms with Crippen LogP contribution in [0.2, 0.25) is 0 Å². The number of rotatable bonds is 3. The third-order valence-electron chi connectivity index (χ3n) is 4.32. The van der Waals surface area contributed by atoms with E-state index in [2.05, 4.69) is 12.2 Å². The molecule has 0 bridgehead atoms. The molecule has 2 fully saturated rings. The van der Waals surface area contributed by atoms with Crippen LogP contribution in [0, 0.1) is 5.92 Å². The number of amides is 1. The van der Waals surface area contributed by atoms with Gasteiger partial charge in [-0.2, -0.15) is 0 Å². The van der Waals surface area contributed by atoms with Gasteiger partial charge in [-0.1, -0.05) is 6.92 Å². The summed E-state index contributed by atoms with van der Waals surface area (Å²) in [4.78, 5) is 14.6. The van der Waals surface area contributed by atoms with Crippen LogP contribution < -0.4 is 5.32 Å². The molecular formula is C13H24N2O2. The number of aliphatic hydroxyl groups is 1. The van der Waals surface area contributed by atoms with Gasteiger partial charge in [-0.25, -0.2) is 0 Å². The van der Waals surface area contributed by atoms with Crippen LogP contribution in [0.5, 0.6) is 0 Å². The van der Waals surface area contributed by atoms with Crippen LogP contribution >= 0.6 is 0 Å². The first-order chi connectivity index (χ1) is 8.22. The first-order valence-electron chi connectivity index (χ1n) is 6.87. The standard InChI is InChI=1S/C13H24N2O2/c1-2-13(6-4-7-14-13)12(17)15-8-3-5-11(9-15)10-16/h11,14,16H,2-10H2,1H3. The van der Waals surface area contributed by atoms with Gasteiger partial charge >= 0.3 is 0 Å². The molecule has 2 aliphatic rings. The lowest BCUT2D eigenvalue weighted by Crippen LogP contribution is -2.56. The number of piperidine rings is 1. The minimum atomic E-state index is -0.308. The Bertz CT molecular complexity index is 275. The number of nitrogens with one attached hydrogen (secondary N) is 1. The number of hydrogen-bond donors (Lipinski definition) is 2. The van der Waals surface area contributed by atoms with E-state index in [-0.39, 0.29) is 24.0 Å². The summed E-state index contributed by atoms with van der Waals surface area (Å²) < 4.78 is 0. The Kier molecular flexibility index (Phi) is 4.05. The van der Waals surface area contributed by atoms with Gasteiger partial charge in [-0.15, -0.1) is 0 Å². The molecule has 2 unspecified atom stereocenters. The van der Waals surface area contributed by atoms with Gasteiger partial charge in [0.2, 0.25) is 5.91 Å². The maximum absolute atomic E-state index is 12.6. The van der Waals surface area contributed by atoms with Crippen molar-refractivity contribution in [1.29, 1.82) is 0 Å². The molecule has 2 N–H and O–H groups in total. The summed E-state index contributed by atoms with van der Waals surface area (Å²) in [6, 6.07) is 0. The second kappa shape index (κ2) is 5.36. The van der Waals surface area contributed by atoms with E-state index in [0.717, 1.165) is 51.7 Å². The molecule has 2 aliphatic heterocycles. The molecular weight excluding hydrogens is 216 g/mol. The summed E-state index contributed by atoms with van der Waals surface area (Å²) in [5.41, 5.74) is -0.308. The Hall–Kier alpha value is -0.610. The molecule has 4 heteroatoms. The molecule has 17 heavy (non-hydrogen) atoms. The maximum atomic E-state index is 12.6. The summed E-state index contributed by atoms with van der Waals surface area (Å²) in [5.74, 6) is 0.540. The normalized spacial score (nSPS) is 34.0. The smallest absolute Gasteiger partial charge is 0.242 e. The van der Waals surface area contributed by atoms with Gasteiger partial charge in [0.25, 0.3) is 0 Å². The van der Waals surface area contributed by atoms with Crippen LogP contribution in [0.1, 0.15) is 39.0 Å². The Morgan fingerprint density at radius 1 is 1.53 bits per heavy atom. The minimum Gasteiger partial charge on any atom is -0.396 e. The van der Waals surface area contributed by atoms with Crippen molar-refractivity contribution in [3.8, 4) is 0 Å². The summed E-state index contributed by atoms with van der Waals surface area (Å²) in [6.07, 6.45) is 5.00. The lowest BCUT2D eigenvalue weighted by atomic mass is 9.90. The first-order valence-corrected chi connectivity index (χ1v) is 6.87. The van der Waals surface area contributed by atoms with Crippen LogP contribution in [0.4, 0.5) is 0 Å². The molecule has 0 radical (unpaired) electrons. The second-order valence-electron chi connectivity index (χ2n) is 5.41. The van der Waals surface area contributed by atoms with E-state index in [0.29, 0.717) is 0 Å². The molecule has 0 aromatic heterocycles. The summed E-state index contributed by atoms with van der Waals surface area (Å²) in [6.45, 7) is 4.84. The Morgan fingerprint density at radius 3 is 2.94 bits per heavy atom. The fraction of sp³-hybridized carbons (Fsp3) is 0.923. The van der Waals surface area contributed by atoms with Crippen molar-refractivity contribution in [3.63, 3.8) is 0 Å². The number of likely N-dealkylation sites (tertiary alicyclic amines) is 1. The average molecular weight is 240 g/mol. The third-order valence-corrected chi connectivity index (χ3v) is 4.32. The van der Waals surface area contributed by atoms with E-state index >= 15 is 0 Å². The fourth-order valence-corrected chi connectivity index (χ4v) is 3.14. The van der Waals surface area contributed by atoms with Crippen LogP contribution in [0.15, 0.2) is 0 Å². The monoisotopic (exact) mass is 240 g/mol. The highest BCUT2D eigenvalue weighted by Crippen LogP contribution is 2.27. The molecule has 0 aromatic carbocycles. The molecule has 98 valence electrons. The van der Waals surface area contributed by atoms with Crippen molar-refractivity contribution in [2.45, 2.75) is 44.6 Å². The van der Waals surface area contributed by atoms with Crippen molar-refractivity contribution < 1.29 is 9.90 Å². The lowest BCUT2D eigenvalue weighted by Gasteiger charge is -2.38. The highest BCUT2D eigenvalue weighted by Gasteiger charge is 2.42. The Morgan fingerprint density at radius 2 is 2.35 bits per heavy atom. The van der Waals surface area contributed by atoms with E-state index in [1.165, 1.54) is 0 Å². The van der Waals surface area contributed by atoms with Crippen molar-refractivity contribution in [2.24, 2.45) is 5.92 Å². The van der Waals surface area contributed by atoms with Crippen molar-refractivity contribution in [1.82, 2.24) is 10.2 Å². The maximum Gasteiger partial charge on any atom is 0.242 e. The van der Waals surface area contributed by atoms with Crippen molar-refractivity contribution in [3.05, 3.63) is 0 Å². The fourth-order valence-electron chi connectivity index (χ4n) is 3.14. The lowest BCUT2D eigenvalue weighted by molar-refractivity contribution is -0.140. The average Bonchev–Trinajstić information content (AvgIpc) is 2.88. The van der Waals surface area contributed by atoms with Crippen molar-refractivity contribution in [2.75, 3.05) is 26.2 Å². The SMILES string of the molecule is CCC1(C(=O)N2CCCC(CO)C2)CCCN1. The molecule has 1 amide bonds. The Labute approximate surface area is 103 Å². The van der Waals surface area contributed by atoms with Gasteiger partial charge in [0.1, 0.15) is 0 Å². The van der Waals surface area contributed by atoms with Crippen molar-refractivity contribution >= 4 is 5.91 Å². The third kappa shape index (κ3) is 2.47. The molecule has 2 rings (SSSR count). The van der Waals surface area contributed by atoms with Crippen LogP contribution in [-0.4, -0.2) is 47.7 Å². The molecule has 4 nitrogen and oxygen atoms in total. The van der Waals surface area contributed by atoms with Gasteiger partial charge in [0, 0.05) is 19.7 Å². The zero-order valence-corrected chi connectivity index (χ0v) is 10.7. The highest BCUT2D eigenvalue weighted by atomic mass is 16.3. The van der Waals surface area contributed by atoms with E-state index in [4.69, 9.17) is 0 Å². The largest absolute Gasteiger partial charge is 0.396 e. The number of carbonyl (C=O) groups excluding carboxylic acids is 1. The second-order valence-corrected chi connectivity index (χ2v) is 5.41. The first kappa shape index (κ1) is 12.8. The van der Waals surface area contributed by atoms with E-state index < -0.39 is 0 Å². The summed E-state index contributed by atoms with van der Waals surface area (Å²) in [5, 5.41) is 12.6. The van der Waals surface area contributed by atoms with Crippen LogP contribution in [-0.2, 0) is 4.79 Å². The number of nitrogens with zero attached hydrogens (tertiary/aromatic N) is 1. The van der Waals surface area contributed by atoms with Gasteiger partial charge in [0.05, 0.1) is 5.54 Å². The molecule has 0 saturated carbocycles.